The van der Waals surface area contributed by atoms with E-state index >= 15 is 0 Å². The Balaban J connectivity index is 1.31. The van der Waals surface area contributed by atoms with Crippen LogP contribution in [0.5, 0.6) is 0 Å². The zero-order valence-electron chi connectivity index (χ0n) is 18.0. The fourth-order valence-corrected chi connectivity index (χ4v) is 4.13. The van der Waals surface area contributed by atoms with E-state index in [2.05, 4.69) is 37.3 Å². The van der Waals surface area contributed by atoms with Gasteiger partial charge in [-0.3, -0.25) is 9.78 Å². The van der Waals surface area contributed by atoms with E-state index in [1.807, 2.05) is 43.5 Å². The van der Waals surface area contributed by atoms with Crippen LogP contribution in [0.3, 0.4) is 0 Å². The molecule has 3 heterocycles. The SMILES string of the molecule is C[C@@H](NC(=O)c1ncc(C2=CCc3ncc(N4CCOCC4)cc32)cn1)c1ccccc1. The Morgan fingerprint density at radius 3 is 2.56 bits per heavy atom. The minimum absolute atomic E-state index is 0.124. The van der Waals surface area contributed by atoms with Crippen LogP contribution in [0.25, 0.3) is 5.57 Å². The average Bonchev–Trinajstić information content (AvgIpc) is 3.28. The van der Waals surface area contributed by atoms with Crippen molar-refractivity contribution < 1.29 is 9.53 Å². The number of hydrogen-bond donors (Lipinski definition) is 1. The summed E-state index contributed by atoms with van der Waals surface area (Å²) in [6, 6.07) is 11.9. The lowest BCUT2D eigenvalue weighted by Gasteiger charge is -2.29. The standard InChI is InChI=1S/C25H25N5O2/c1-17(18-5-3-2-4-6-18)29-25(31)24-27-14-19(15-28-24)21-7-8-23-22(21)13-20(16-26-23)30-9-11-32-12-10-30/h2-7,13-17H,8-12H2,1H3,(H,29,31)/t17-/m1/s1. The summed E-state index contributed by atoms with van der Waals surface area (Å²) in [5.41, 5.74) is 6.24. The van der Waals surface area contributed by atoms with Crippen LogP contribution in [0, 0.1) is 0 Å². The van der Waals surface area contributed by atoms with Crippen molar-refractivity contribution in [2.45, 2.75) is 19.4 Å². The van der Waals surface area contributed by atoms with Crippen LogP contribution in [0.2, 0.25) is 0 Å². The lowest BCUT2D eigenvalue weighted by Crippen LogP contribution is -2.36. The molecule has 7 heteroatoms. The predicted octanol–water partition coefficient (Wildman–Crippen LogP) is 3.19. The van der Waals surface area contributed by atoms with E-state index < -0.39 is 0 Å². The highest BCUT2D eigenvalue weighted by Crippen LogP contribution is 2.33. The highest BCUT2D eigenvalue weighted by atomic mass is 16.5. The third-order valence-electron chi connectivity index (χ3n) is 5.93. The van der Waals surface area contributed by atoms with Crippen molar-refractivity contribution in [3.8, 4) is 0 Å². The molecule has 1 aliphatic carbocycles. The van der Waals surface area contributed by atoms with Gasteiger partial charge in [0.15, 0.2) is 0 Å². The van der Waals surface area contributed by atoms with Crippen LogP contribution >= 0.6 is 0 Å². The van der Waals surface area contributed by atoms with E-state index in [0.717, 1.165) is 66.4 Å². The highest BCUT2D eigenvalue weighted by Gasteiger charge is 2.21. The Bertz CT molecular complexity index is 1140. The Labute approximate surface area is 187 Å². The summed E-state index contributed by atoms with van der Waals surface area (Å²) in [5.74, 6) is -0.125. The first-order valence-electron chi connectivity index (χ1n) is 10.9. The molecule has 1 aromatic carbocycles. The number of pyridine rings is 1. The van der Waals surface area contributed by atoms with Crippen molar-refractivity contribution in [2.24, 2.45) is 0 Å². The normalized spacial score (nSPS) is 16.3. The van der Waals surface area contributed by atoms with E-state index in [-0.39, 0.29) is 17.8 Å². The minimum Gasteiger partial charge on any atom is -0.378 e. The minimum atomic E-state index is -0.287. The molecule has 3 aromatic rings. The van der Waals surface area contributed by atoms with Gasteiger partial charge in [0.05, 0.1) is 36.8 Å². The van der Waals surface area contributed by atoms with Crippen molar-refractivity contribution in [2.75, 3.05) is 31.2 Å². The number of benzene rings is 1. The Morgan fingerprint density at radius 2 is 1.81 bits per heavy atom. The first-order valence-corrected chi connectivity index (χ1v) is 10.9. The van der Waals surface area contributed by atoms with Gasteiger partial charge in [-0.25, -0.2) is 9.97 Å². The van der Waals surface area contributed by atoms with Crippen LogP contribution < -0.4 is 10.2 Å². The van der Waals surface area contributed by atoms with Crippen LogP contribution in [-0.4, -0.2) is 47.2 Å². The summed E-state index contributed by atoms with van der Waals surface area (Å²) in [6.45, 7) is 5.16. The van der Waals surface area contributed by atoms with Gasteiger partial charge in [0.25, 0.3) is 5.91 Å². The lowest BCUT2D eigenvalue weighted by molar-refractivity contribution is 0.0929. The molecule has 0 bridgehead atoms. The summed E-state index contributed by atoms with van der Waals surface area (Å²) in [5, 5.41) is 2.96. The van der Waals surface area contributed by atoms with Crippen molar-refractivity contribution in [1.29, 1.82) is 0 Å². The molecule has 1 aliphatic heterocycles. The Morgan fingerprint density at radius 1 is 1.06 bits per heavy atom. The molecule has 2 aromatic heterocycles. The number of nitrogens with one attached hydrogen (secondary N) is 1. The molecule has 7 nitrogen and oxygen atoms in total. The lowest BCUT2D eigenvalue weighted by atomic mass is 10.0. The molecule has 1 fully saturated rings. The van der Waals surface area contributed by atoms with Gasteiger partial charge in [0.2, 0.25) is 5.82 Å². The third-order valence-corrected chi connectivity index (χ3v) is 5.93. The number of aromatic nitrogens is 3. The summed E-state index contributed by atoms with van der Waals surface area (Å²) in [7, 11) is 0. The third kappa shape index (κ3) is 4.11. The second-order valence-corrected chi connectivity index (χ2v) is 8.01. The molecular formula is C25H25N5O2. The first-order chi connectivity index (χ1) is 15.7. The van der Waals surface area contributed by atoms with Crippen molar-refractivity contribution in [3.05, 3.63) is 89.3 Å². The monoisotopic (exact) mass is 427 g/mol. The van der Waals surface area contributed by atoms with Crippen molar-refractivity contribution >= 4 is 17.2 Å². The van der Waals surface area contributed by atoms with Crippen LogP contribution in [-0.2, 0) is 11.2 Å². The molecule has 1 amide bonds. The molecule has 0 saturated carbocycles. The number of hydrogen-bond acceptors (Lipinski definition) is 6. The van der Waals surface area contributed by atoms with E-state index in [1.54, 1.807) is 12.4 Å². The average molecular weight is 428 g/mol. The number of morpholine rings is 1. The van der Waals surface area contributed by atoms with Gasteiger partial charge in [-0.15, -0.1) is 0 Å². The van der Waals surface area contributed by atoms with Gasteiger partial charge in [-0.1, -0.05) is 36.4 Å². The van der Waals surface area contributed by atoms with Gasteiger partial charge in [0.1, 0.15) is 0 Å². The molecule has 0 spiro atoms. The molecule has 32 heavy (non-hydrogen) atoms. The van der Waals surface area contributed by atoms with Gasteiger partial charge in [0, 0.05) is 43.0 Å². The molecule has 162 valence electrons. The smallest absolute Gasteiger partial charge is 0.289 e. The van der Waals surface area contributed by atoms with Gasteiger partial charge < -0.3 is 15.0 Å². The fraction of sp³-hybridized carbons (Fsp3) is 0.280. The quantitative estimate of drug-likeness (QED) is 0.674. The summed E-state index contributed by atoms with van der Waals surface area (Å²) < 4.78 is 5.46. The summed E-state index contributed by atoms with van der Waals surface area (Å²) >= 11 is 0. The Kier molecular flexibility index (Phi) is 5.64. The number of anilines is 1. The van der Waals surface area contributed by atoms with E-state index in [1.165, 1.54) is 0 Å². The maximum absolute atomic E-state index is 12.6. The number of amides is 1. The molecule has 5 rings (SSSR count). The number of ether oxygens (including phenoxy) is 1. The van der Waals surface area contributed by atoms with Crippen LogP contribution in [0.4, 0.5) is 5.69 Å². The molecule has 0 radical (unpaired) electrons. The van der Waals surface area contributed by atoms with Crippen LogP contribution in [0.15, 0.2) is 61.1 Å². The second-order valence-electron chi connectivity index (χ2n) is 8.01. The van der Waals surface area contributed by atoms with Crippen LogP contribution in [0.1, 0.15) is 46.0 Å². The van der Waals surface area contributed by atoms with E-state index in [9.17, 15) is 4.79 Å². The van der Waals surface area contributed by atoms with E-state index in [4.69, 9.17) is 4.74 Å². The number of carbonyl (C=O) groups excluding carboxylic acids is 1. The maximum Gasteiger partial charge on any atom is 0.289 e. The van der Waals surface area contributed by atoms with Gasteiger partial charge >= 0.3 is 0 Å². The number of carbonyl (C=O) groups is 1. The van der Waals surface area contributed by atoms with Crippen molar-refractivity contribution in [1.82, 2.24) is 20.3 Å². The summed E-state index contributed by atoms with van der Waals surface area (Å²) in [6.07, 6.45) is 8.31. The maximum atomic E-state index is 12.6. The zero-order valence-corrected chi connectivity index (χ0v) is 18.0. The molecular weight excluding hydrogens is 402 g/mol. The fourth-order valence-electron chi connectivity index (χ4n) is 4.13. The number of fused-ring (bicyclic) bond motifs is 1. The second kappa shape index (κ2) is 8.88. The number of allylic oxidation sites excluding steroid dienone is 1. The molecule has 1 N–H and O–H groups in total. The highest BCUT2D eigenvalue weighted by molar-refractivity contribution is 5.91. The number of nitrogens with zero attached hydrogens (tertiary/aromatic N) is 4. The molecule has 1 saturated heterocycles. The Hall–Kier alpha value is -3.58. The predicted molar refractivity (Wildman–Crippen MR) is 122 cm³/mol. The van der Waals surface area contributed by atoms with E-state index in [0.29, 0.717) is 0 Å². The molecule has 1 atom stereocenters. The summed E-state index contributed by atoms with van der Waals surface area (Å²) in [4.78, 5) is 28.3. The van der Waals surface area contributed by atoms with Crippen molar-refractivity contribution in [3.63, 3.8) is 0 Å². The van der Waals surface area contributed by atoms with Gasteiger partial charge in [-0.2, -0.15) is 0 Å². The number of rotatable bonds is 5. The first kappa shape index (κ1) is 20.3. The molecule has 2 aliphatic rings. The largest absolute Gasteiger partial charge is 0.378 e. The topological polar surface area (TPSA) is 80.2 Å². The zero-order chi connectivity index (χ0) is 21.9. The van der Waals surface area contributed by atoms with Gasteiger partial charge in [-0.05, 0) is 24.1 Å². The molecule has 0 unspecified atom stereocenters.